The van der Waals surface area contributed by atoms with Gasteiger partial charge >= 0.3 is 0 Å². The van der Waals surface area contributed by atoms with Crippen molar-refractivity contribution in [2.45, 2.75) is 0 Å². The van der Waals surface area contributed by atoms with Crippen LogP contribution in [0.25, 0.3) is 0 Å². The molecule has 0 bridgehead atoms. The van der Waals surface area contributed by atoms with Gasteiger partial charge in [0, 0.05) is 10.2 Å². The largest absolute Gasteiger partial charge is 0.322 e. The number of hydrogen-bond acceptors (Lipinski definition) is 1. The molecular formula is C13H7BrClF2NO. The third kappa shape index (κ3) is 3.30. The van der Waals surface area contributed by atoms with Gasteiger partial charge in [-0.25, -0.2) is 8.78 Å². The van der Waals surface area contributed by atoms with Crippen LogP contribution in [0.2, 0.25) is 5.02 Å². The molecule has 2 rings (SSSR count). The second-order valence-corrected chi connectivity index (χ2v) is 5.03. The van der Waals surface area contributed by atoms with Gasteiger partial charge in [0.15, 0.2) is 11.6 Å². The third-order valence-corrected chi connectivity index (χ3v) is 3.20. The Kier molecular flexibility index (Phi) is 4.17. The number of nitrogens with one attached hydrogen (secondary N) is 1. The molecule has 0 aliphatic heterocycles. The highest BCUT2D eigenvalue weighted by atomic mass is 79.9. The number of anilines is 1. The minimum Gasteiger partial charge on any atom is -0.322 e. The van der Waals surface area contributed by atoms with E-state index in [9.17, 15) is 13.6 Å². The molecular weight excluding hydrogens is 340 g/mol. The van der Waals surface area contributed by atoms with Crippen LogP contribution in [0.4, 0.5) is 14.5 Å². The van der Waals surface area contributed by atoms with Gasteiger partial charge in [0.1, 0.15) is 0 Å². The van der Waals surface area contributed by atoms with Gasteiger partial charge in [-0.15, -0.1) is 0 Å². The van der Waals surface area contributed by atoms with E-state index < -0.39 is 17.5 Å². The third-order valence-electron chi connectivity index (χ3n) is 2.36. The molecule has 0 spiro atoms. The summed E-state index contributed by atoms with van der Waals surface area (Å²) < 4.78 is 26.8. The molecule has 0 saturated heterocycles. The number of halogens is 4. The van der Waals surface area contributed by atoms with E-state index in [2.05, 4.69) is 21.2 Å². The van der Waals surface area contributed by atoms with E-state index >= 15 is 0 Å². The summed E-state index contributed by atoms with van der Waals surface area (Å²) >= 11 is 8.97. The molecule has 0 aromatic heterocycles. The van der Waals surface area contributed by atoms with Gasteiger partial charge in [-0.3, -0.25) is 4.79 Å². The van der Waals surface area contributed by atoms with Gasteiger partial charge in [0.2, 0.25) is 0 Å². The highest BCUT2D eigenvalue weighted by molar-refractivity contribution is 9.10. The second-order valence-electron chi connectivity index (χ2n) is 3.71. The maximum absolute atomic E-state index is 13.1. The number of carbonyl (C=O) groups is 1. The van der Waals surface area contributed by atoms with Crippen LogP contribution in [0.1, 0.15) is 10.4 Å². The fourth-order valence-corrected chi connectivity index (χ4v) is 1.93. The fraction of sp³-hybridized carbons (Fsp3) is 0. The smallest absolute Gasteiger partial charge is 0.257 e. The zero-order valence-corrected chi connectivity index (χ0v) is 11.7. The Bertz CT molecular complexity index is 631. The Morgan fingerprint density at radius 2 is 1.68 bits per heavy atom. The molecule has 98 valence electrons. The molecule has 0 heterocycles. The van der Waals surface area contributed by atoms with E-state index in [1.54, 1.807) is 24.3 Å². The molecule has 19 heavy (non-hydrogen) atoms. The van der Waals surface area contributed by atoms with E-state index in [1.807, 2.05) is 0 Å². The standard InChI is InChI=1S/C13H7BrClF2NO/c14-7-1-3-8(4-2-7)18-13(19)9-5-11(16)12(17)6-10(9)15/h1-6H,(H,18,19). The Morgan fingerprint density at radius 3 is 2.32 bits per heavy atom. The Hall–Kier alpha value is -1.46. The summed E-state index contributed by atoms with van der Waals surface area (Å²) in [5.74, 6) is -2.82. The van der Waals surface area contributed by atoms with E-state index in [1.165, 1.54) is 0 Å². The van der Waals surface area contributed by atoms with Crippen molar-refractivity contribution in [3.8, 4) is 0 Å². The van der Waals surface area contributed by atoms with Crippen molar-refractivity contribution >= 4 is 39.1 Å². The van der Waals surface area contributed by atoms with Crippen molar-refractivity contribution < 1.29 is 13.6 Å². The Morgan fingerprint density at radius 1 is 1.11 bits per heavy atom. The van der Waals surface area contributed by atoms with Crippen LogP contribution in [0.3, 0.4) is 0 Å². The van der Waals surface area contributed by atoms with Gasteiger partial charge in [-0.05, 0) is 36.4 Å². The van der Waals surface area contributed by atoms with E-state index in [0.29, 0.717) is 5.69 Å². The zero-order valence-electron chi connectivity index (χ0n) is 9.38. The summed E-state index contributed by atoms with van der Waals surface area (Å²) in [6.45, 7) is 0. The molecule has 0 unspecified atom stereocenters. The van der Waals surface area contributed by atoms with Gasteiger partial charge in [-0.1, -0.05) is 27.5 Å². The number of amides is 1. The lowest BCUT2D eigenvalue weighted by Crippen LogP contribution is -2.13. The molecule has 0 atom stereocenters. The Labute approximate surface area is 121 Å². The maximum atomic E-state index is 13.1. The van der Waals surface area contributed by atoms with Crippen LogP contribution in [0.5, 0.6) is 0 Å². The molecule has 1 amide bonds. The molecule has 0 saturated carbocycles. The summed E-state index contributed by atoms with van der Waals surface area (Å²) in [5, 5.41) is 2.39. The van der Waals surface area contributed by atoms with Crippen LogP contribution in [-0.4, -0.2) is 5.91 Å². The fourth-order valence-electron chi connectivity index (χ4n) is 1.43. The van der Waals surface area contributed by atoms with Crippen molar-refractivity contribution in [2.24, 2.45) is 0 Å². The van der Waals surface area contributed by atoms with Gasteiger partial charge in [0.25, 0.3) is 5.91 Å². The lowest BCUT2D eigenvalue weighted by Gasteiger charge is -2.07. The van der Waals surface area contributed by atoms with Crippen LogP contribution < -0.4 is 5.32 Å². The summed E-state index contributed by atoms with van der Waals surface area (Å²) in [6.07, 6.45) is 0. The van der Waals surface area contributed by atoms with E-state index in [0.717, 1.165) is 16.6 Å². The minimum atomic E-state index is -1.12. The average Bonchev–Trinajstić information content (AvgIpc) is 2.36. The van der Waals surface area contributed by atoms with Crippen molar-refractivity contribution in [1.82, 2.24) is 0 Å². The van der Waals surface area contributed by atoms with E-state index in [-0.39, 0.29) is 10.6 Å². The number of hydrogen-bond donors (Lipinski definition) is 1. The van der Waals surface area contributed by atoms with Gasteiger partial charge in [-0.2, -0.15) is 0 Å². The number of carbonyl (C=O) groups excluding carboxylic acids is 1. The van der Waals surface area contributed by atoms with Crippen molar-refractivity contribution in [3.05, 3.63) is 63.1 Å². The normalized spacial score (nSPS) is 10.3. The first-order valence-corrected chi connectivity index (χ1v) is 6.36. The van der Waals surface area contributed by atoms with E-state index in [4.69, 9.17) is 11.6 Å². The molecule has 2 aromatic rings. The molecule has 2 nitrogen and oxygen atoms in total. The maximum Gasteiger partial charge on any atom is 0.257 e. The van der Waals surface area contributed by atoms with Gasteiger partial charge in [0.05, 0.1) is 10.6 Å². The first-order chi connectivity index (χ1) is 8.97. The molecule has 0 aliphatic carbocycles. The summed E-state index contributed by atoms with van der Waals surface area (Å²) in [5.41, 5.74) is 0.400. The van der Waals surface area contributed by atoms with Crippen LogP contribution in [0, 0.1) is 11.6 Å². The topological polar surface area (TPSA) is 29.1 Å². The minimum absolute atomic E-state index is 0.122. The second kappa shape index (κ2) is 5.67. The zero-order chi connectivity index (χ0) is 14.0. The van der Waals surface area contributed by atoms with Crippen molar-refractivity contribution in [3.63, 3.8) is 0 Å². The SMILES string of the molecule is O=C(Nc1ccc(Br)cc1)c1cc(F)c(F)cc1Cl. The predicted octanol–water partition coefficient (Wildman–Crippen LogP) is 4.63. The molecule has 1 N–H and O–H groups in total. The molecule has 2 aromatic carbocycles. The highest BCUT2D eigenvalue weighted by Gasteiger charge is 2.15. The Balaban J connectivity index is 2.25. The molecule has 0 radical (unpaired) electrons. The van der Waals surface area contributed by atoms with Crippen molar-refractivity contribution in [2.75, 3.05) is 5.32 Å². The summed E-state index contributed by atoms with van der Waals surface area (Å²) in [6, 6.07) is 8.34. The average molecular weight is 347 g/mol. The van der Waals surface area contributed by atoms with Crippen LogP contribution in [0.15, 0.2) is 40.9 Å². The predicted molar refractivity (Wildman–Crippen MR) is 73.5 cm³/mol. The van der Waals surface area contributed by atoms with Crippen LogP contribution >= 0.6 is 27.5 Å². The summed E-state index contributed by atoms with van der Waals surface area (Å²) in [4.78, 5) is 11.9. The molecule has 0 aliphatic rings. The number of rotatable bonds is 2. The monoisotopic (exact) mass is 345 g/mol. The van der Waals surface area contributed by atoms with Crippen molar-refractivity contribution in [1.29, 1.82) is 0 Å². The highest BCUT2D eigenvalue weighted by Crippen LogP contribution is 2.22. The van der Waals surface area contributed by atoms with Crippen LogP contribution in [-0.2, 0) is 0 Å². The first-order valence-electron chi connectivity index (χ1n) is 5.19. The number of benzene rings is 2. The lowest BCUT2D eigenvalue weighted by molar-refractivity contribution is 0.102. The van der Waals surface area contributed by atoms with Gasteiger partial charge < -0.3 is 5.32 Å². The molecule has 6 heteroatoms. The molecule has 0 fully saturated rings. The quantitative estimate of drug-likeness (QED) is 0.789. The first kappa shape index (κ1) is 14.0. The summed E-state index contributed by atoms with van der Waals surface area (Å²) in [7, 11) is 0. The lowest BCUT2D eigenvalue weighted by atomic mass is 10.2.